The Balaban J connectivity index is 1.32. The summed E-state index contributed by atoms with van der Waals surface area (Å²) in [5.41, 5.74) is 2.75. The van der Waals surface area contributed by atoms with Crippen LogP contribution in [0.2, 0.25) is 0 Å². The van der Waals surface area contributed by atoms with E-state index in [9.17, 15) is 4.79 Å². The van der Waals surface area contributed by atoms with Gasteiger partial charge in [-0.1, -0.05) is 30.7 Å². The van der Waals surface area contributed by atoms with Crippen molar-refractivity contribution in [2.24, 2.45) is 5.92 Å². The lowest BCUT2D eigenvalue weighted by Crippen LogP contribution is -2.35. The Hall–Kier alpha value is -2.21. The predicted molar refractivity (Wildman–Crippen MR) is 104 cm³/mol. The first-order valence-corrected chi connectivity index (χ1v) is 10.2. The molecule has 0 bridgehead atoms. The molecule has 2 heterocycles. The Kier molecular flexibility index (Phi) is 5.53. The SMILES string of the molecule is Cc1ccccc1CN1CCc2nnc(CCNC(=O)C3CCC3)n2CC1. The smallest absolute Gasteiger partial charge is 0.223 e. The summed E-state index contributed by atoms with van der Waals surface area (Å²) in [6.45, 7) is 6.74. The maximum Gasteiger partial charge on any atom is 0.223 e. The molecule has 2 aromatic rings. The van der Waals surface area contributed by atoms with E-state index >= 15 is 0 Å². The summed E-state index contributed by atoms with van der Waals surface area (Å²) in [5.74, 6) is 2.52. The molecule has 1 amide bonds. The van der Waals surface area contributed by atoms with Gasteiger partial charge in [-0.05, 0) is 30.9 Å². The van der Waals surface area contributed by atoms with E-state index in [2.05, 4.69) is 56.2 Å². The molecule has 1 aliphatic heterocycles. The van der Waals surface area contributed by atoms with E-state index in [4.69, 9.17) is 0 Å². The Labute approximate surface area is 161 Å². The van der Waals surface area contributed by atoms with Crippen molar-refractivity contribution in [1.82, 2.24) is 25.0 Å². The first-order valence-electron chi connectivity index (χ1n) is 10.2. The van der Waals surface area contributed by atoms with Crippen LogP contribution in [0.25, 0.3) is 0 Å². The lowest BCUT2D eigenvalue weighted by atomic mass is 9.85. The lowest BCUT2D eigenvalue weighted by Gasteiger charge is -2.24. The summed E-state index contributed by atoms with van der Waals surface area (Å²) < 4.78 is 2.26. The summed E-state index contributed by atoms with van der Waals surface area (Å²) in [6, 6.07) is 8.61. The van der Waals surface area contributed by atoms with E-state index in [-0.39, 0.29) is 11.8 Å². The van der Waals surface area contributed by atoms with E-state index in [0.29, 0.717) is 6.54 Å². The van der Waals surface area contributed by atoms with Crippen LogP contribution in [0, 0.1) is 12.8 Å². The van der Waals surface area contributed by atoms with Crippen LogP contribution in [0.3, 0.4) is 0 Å². The van der Waals surface area contributed by atoms with Gasteiger partial charge in [0.25, 0.3) is 0 Å². The number of amides is 1. The van der Waals surface area contributed by atoms with Gasteiger partial charge in [0.15, 0.2) is 0 Å². The zero-order chi connectivity index (χ0) is 18.6. The Morgan fingerprint density at radius 2 is 2.04 bits per heavy atom. The summed E-state index contributed by atoms with van der Waals surface area (Å²) in [7, 11) is 0. The molecule has 6 nitrogen and oxygen atoms in total. The second-order valence-electron chi connectivity index (χ2n) is 7.81. The summed E-state index contributed by atoms with van der Waals surface area (Å²) in [4.78, 5) is 14.5. The highest BCUT2D eigenvalue weighted by Gasteiger charge is 2.25. The van der Waals surface area contributed by atoms with Crippen LogP contribution in [0.5, 0.6) is 0 Å². The van der Waals surface area contributed by atoms with E-state index in [1.54, 1.807) is 0 Å². The van der Waals surface area contributed by atoms with Gasteiger partial charge >= 0.3 is 0 Å². The highest BCUT2D eigenvalue weighted by molar-refractivity contribution is 5.79. The molecule has 0 radical (unpaired) electrons. The number of nitrogens with one attached hydrogen (secondary N) is 1. The quantitative estimate of drug-likeness (QED) is 0.849. The van der Waals surface area contributed by atoms with Gasteiger partial charge in [-0.2, -0.15) is 0 Å². The van der Waals surface area contributed by atoms with Gasteiger partial charge in [0.2, 0.25) is 5.91 Å². The average molecular weight is 367 g/mol. The van der Waals surface area contributed by atoms with Gasteiger partial charge in [0, 0.05) is 51.5 Å². The van der Waals surface area contributed by atoms with Crippen LogP contribution in [-0.4, -0.2) is 45.2 Å². The van der Waals surface area contributed by atoms with Gasteiger partial charge in [-0.25, -0.2) is 0 Å². The number of rotatable bonds is 6. The maximum absolute atomic E-state index is 12.0. The number of carbonyl (C=O) groups excluding carboxylic acids is 1. The number of hydrogen-bond acceptors (Lipinski definition) is 4. The molecular formula is C21H29N5O. The van der Waals surface area contributed by atoms with E-state index in [0.717, 1.165) is 63.5 Å². The second-order valence-corrected chi connectivity index (χ2v) is 7.81. The monoisotopic (exact) mass is 367 g/mol. The molecule has 1 aromatic heterocycles. The van der Waals surface area contributed by atoms with Gasteiger partial charge < -0.3 is 9.88 Å². The molecular weight excluding hydrogens is 338 g/mol. The molecule has 0 atom stereocenters. The molecule has 0 spiro atoms. The molecule has 1 saturated carbocycles. The highest BCUT2D eigenvalue weighted by Crippen LogP contribution is 2.26. The minimum absolute atomic E-state index is 0.210. The molecule has 0 unspecified atom stereocenters. The van der Waals surface area contributed by atoms with Crippen molar-refractivity contribution in [3.05, 3.63) is 47.0 Å². The average Bonchev–Trinajstić information content (AvgIpc) is 2.88. The Bertz CT molecular complexity index is 796. The largest absolute Gasteiger partial charge is 0.355 e. The van der Waals surface area contributed by atoms with Crippen molar-refractivity contribution in [2.45, 2.75) is 52.1 Å². The molecule has 2 aliphatic rings. The zero-order valence-electron chi connectivity index (χ0n) is 16.2. The van der Waals surface area contributed by atoms with Crippen LogP contribution < -0.4 is 5.32 Å². The molecule has 144 valence electrons. The third-order valence-corrected chi connectivity index (χ3v) is 5.97. The predicted octanol–water partition coefficient (Wildman–Crippen LogP) is 2.10. The van der Waals surface area contributed by atoms with Crippen molar-refractivity contribution in [1.29, 1.82) is 0 Å². The van der Waals surface area contributed by atoms with Gasteiger partial charge in [0.1, 0.15) is 11.6 Å². The molecule has 27 heavy (non-hydrogen) atoms. The molecule has 0 saturated heterocycles. The molecule has 6 heteroatoms. The summed E-state index contributed by atoms with van der Waals surface area (Å²) in [6.07, 6.45) is 4.96. The molecule has 1 aromatic carbocycles. The highest BCUT2D eigenvalue weighted by atomic mass is 16.1. The maximum atomic E-state index is 12.0. The minimum atomic E-state index is 0.210. The molecule has 4 rings (SSSR count). The topological polar surface area (TPSA) is 63.1 Å². The zero-order valence-corrected chi connectivity index (χ0v) is 16.2. The van der Waals surface area contributed by atoms with Crippen LogP contribution in [0.4, 0.5) is 0 Å². The third kappa shape index (κ3) is 4.21. The Morgan fingerprint density at radius 3 is 2.81 bits per heavy atom. The van der Waals surface area contributed by atoms with E-state index < -0.39 is 0 Å². The van der Waals surface area contributed by atoms with Crippen molar-refractivity contribution in [2.75, 3.05) is 19.6 Å². The van der Waals surface area contributed by atoms with E-state index in [1.807, 2.05) is 0 Å². The van der Waals surface area contributed by atoms with Crippen LogP contribution >= 0.6 is 0 Å². The van der Waals surface area contributed by atoms with Crippen molar-refractivity contribution in [3.8, 4) is 0 Å². The minimum Gasteiger partial charge on any atom is -0.355 e. The molecule has 1 fully saturated rings. The number of hydrogen-bond donors (Lipinski definition) is 1. The first-order chi connectivity index (χ1) is 13.2. The number of aryl methyl sites for hydroxylation is 1. The standard InChI is InChI=1S/C21H29N5O/c1-16-5-2-3-6-18(16)15-25-12-10-20-24-23-19(26(20)14-13-25)9-11-22-21(27)17-7-4-8-17/h2-3,5-6,17H,4,7-15H2,1H3,(H,22,27). The number of carbonyl (C=O) groups is 1. The normalized spacial score (nSPS) is 17.8. The number of fused-ring (bicyclic) bond motifs is 1. The van der Waals surface area contributed by atoms with Crippen LogP contribution in [0.1, 0.15) is 42.0 Å². The van der Waals surface area contributed by atoms with Crippen LogP contribution in [0.15, 0.2) is 24.3 Å². The van der Waals surface area contributed by atoms with Gasteiger partial charge in [-0.3, -0.25) is 9.69 Å². The lowest BCUT2D eigenvalue weighted by molar-refractivity contribution is -0.127. The molecule has 1 aliphatic carbocycles. The fourth-order valence-corrected chi connectivity index (χ4v) is 3.91. The number of nitrogens with zero attached hydrogens (tertiary/aromatic N) is 4. The fourth-order valence-electron chi connectivity index (χ4n) is 3.91. The van der Waals surface area contributed by atoms with Crippen molar-refractivity contribution >= 4 is 5.91 Å². The van der Waals surface area contributed by atoms with E-state index in [1.165, 1.54) is 17.5 Å². The number of benzene rings is 1. The molecule has 1 N–H and O–H groups in total. The fraction of sp³-hybridized carbons (Fsp3) is 0.571. The van der Waals surface area contributed by atoms with Crippen molar-refractivity contribution < 1.29 is 4.79 Å². The Morgan fingerprint density at radius 1 is 1.19 bits per heavy atom. The second kappa shape index (κ2) is 8.21. The third-order valence-electron chi connectivity index (χ3n) is 5.97. The van der Waals surface area contributed by atoms with Crippen molar-refractivity contribution in [3.63, 3.8) is 0 Å². The van der Waals surface area contributed by atoms with Gasteiger partial charge in [-0.15, -0.1) is 10.2 Å². The summed E-state index contributed by atoms with van der Waals surface area (Å²) >= 11 is 0. The van der Waals surface area contributed by atoms with Crippen LogP contribution in [-0.2, 0) is 30.7 Å². The number of aromatic nitrogens is 3. The summed E-state index contributed by atoms with van der Waals surface area (Å²) in [5, 5.41) is 11.9. The van der Waals surface area contributed by atoms with Gasteiger partial charge in [0.05, 0.1) is 0 Å². The first kappa shape index (κ1) is 18.2.